The summed E-state index contributed by atoms with van der Waals surface area (Å²) in [5, 5.41) is 6.37. The Morgan fingerprint density at radius 3 is 2.73 bits per heavy atom. The number of rotatable bonds is 5. The Labute approximate surface area is 156 Å². The van der Waals surface area contributed by atoms with Crippen LogP contribution in [0.25, 0.3) is 0 Å². The summed E-state index contributed by atoms with van der Waals surface area (Å²) in [4.78, 5) is 16.8. The molecule has 1 aliphatic carbocycles. The molecule has 138 valence electrons. The van der Waals surface area contributed by atoms with E-state index in [-0.39, 0.29) is 23.0 Å². The second kappa shape index (κ2) is 8.36. The molecule has 5 nitrogen and oxygen atoms in total. The van der Waals surface area contributed by atoms with Crippen molar-refractivity contribution in [1.29, 1.82) is 0 Å². The number of ether oxygens (including phenoxy) is 1. The highest BCUT2D eigenvalue weighted by molar-refractivity contribution is 6.31. The lowest BCUT2D eigenvalue weighted by Gasteiger charge is -2.33. The Balaban J connectivity index is 1.70. The fourth-order valence-corrected chi connectivity index (χ4v) is 3.35. The van der Waals surface area contributed by atoms with Gasteiger partial charge in [0.15, 0.2) is 0 Å². The summed E-state index contributed by atoms with van der Waals surface area (Å²) in [6.45, 7) is 0. The SMILES string of the molecule is COc1ccnc(NC2CCCCC2NC(=O)c2ccc(F)c(Cl)c2)c1. The average molecular weight is 378 g/mol. The molecule has 1 heterocycles. The molecule has 1 saturated carbocycles. The zero-order valence-electron chi connectivity index (χ0n) is 14.5. The third-order valence-electron chi connectivity index (χ3n) is 4.56. The van der Waals surface area contributed by atoms with Crippen molar-refractivity contribution in [3.63, 3.8) is 0 Å². The lowest BCUT2D eigenvalue weighted by atomic mass is 9.90. The fourth-order valence-electron chi connectivity index (χ4n) is 3.17. The van der Waals surface area contributed by atoms with Crippen LogP contribution in [0.4, 0.5) is 10.2 Å². The van der Waals surface area contributed by atoms with Crippen LogP contribution in [0.2, 0.25) is 5.02 Å². The van der Waals surface area contributed by atoms with Gasteiger partial charge in [0.1, 0.15) is 17.4 Å². The summed E-state index contributed by atoms with van der Waals surface area (Å²) in [5.74, 6) is 0.633. The molecule has 1 aromatic heterocycles. The van der Waals surface area contributed by atoms with Crippen molar-refractivity contribution in [1.82, 2.24) is 10.3 Å². The third kappa shape index (κ3) is 4.43. The first-order chi connectivity index (χ1) is 12.6. The first-order valence-corrected chi connectivity index (χ1v) is 8.97. The van der Waals surface area contributed by atoms with E-state index in [1.165, 1.54) is 18.2 Å². The van der Waals surface area contributed by atoms with Gasteiger partial charge in [0.2, 0.25) is 0 Å². The van der Waals surface area contributed by atoms with Crippen molar-refractivity contribution in [3.8, 4) is 5.75 Å². The first-order valence-electron chi connectivity index (χ1n) is 8.59. The number of nitrogens with one attached hydrogen (secondary N) is 2. The smallest absolute Gasteiger partial charge is 0.251 e. The van der Waals surface area contributed by atoms with E-state index in [4.69, 9.17) is 16.3 Å². The molecule has 1 fully saturated rings. The molecule has 3 rings (SSSR count). The van der Waals surface area contributed by atoms with Gasteiger partial charge in [0.05, 0.1) is 12.1 Å². The van der Waals surface area contributed by atoms with Crippen LogP contribution in [-0.4, -0.2) is 30.1 Å². The van der Waals surface area contributed by atoms with Crippen molar-refractivity contribution in [2.75, 3.05) is 12.4 Å². The number of amides is 1. The second-order valence-corrected chi connectivity index (χ2v) is 6.73. The van der Waals surface area contributed by atoms with Crippen molar-refractivity contribution in [2.24, 2.45) is 0 Å². The van der Waals surface area contributed by atoms with Gasteiger partial charge >= 0.3 is 0 Å². The standard InChI is InChI=1S/C19H21ClFN3O2/c1-26-13-8-9-22-18(11-13)23-16-4-2-3-5-17(16)24-19(25)12-6-7-15(21)14(20)10-12/h6-11,16-17H,2-5H2,1H3,(H,22,23)(H,24,25). The summed E-state index contributed by atoms with van der Waals surface area (Å²) in [6.07, 6.45) is 5.59. The zero-order chi connectivity index (χ0) is 18.5. The summed E-state index contributed by atoms with van der Waals surface area (Å²) < 4.78 is 18.5. The third-order valence-corrected chi connectivity index (χ3v) is 4.85. The van der Waals surface area contributed by atoms with Gasteiger partial charge < -0.3 is 15.4 Å². The van der Waals surface area contributed by atoms with Gasteiger partial charge in [-0.3, -0.25) is 4.79 Å². The molecule has 2 unspecified atom stereocenters. The number of carbonyl (C=O) groups is 1. The number of methoxy groups -OCH3 is 1. The Morgan fingerprint density at radius 1 is 1.23 bits per heavy atom. The monoisotopic (exact) mass is 377 g/mol. The highest BCUT2D eigenvalue weighted by Gasteiger charge is 2.27. The van der Waals surface area contributed by atoms with Crippen LogP contribution >= 0.6 is 11.6 Å². The predicted octanol–water partition coefficient (Wildman–Crippen LogP) is 4.04. The summed E-state index contributed by atoms with van der Waals surface area (Å²) >= 11 is 5.78. The summed E-state index contributed by atoms with van der Waals surface area (Å²) in [6, 6.07) is 7.61. The minimum absolute atomic E-state index is 0.0481. The van der Waals surface area contributed by atoms with Crippen molar-refractivity contribution >= 4 is 23.3 Å². The van der Waals surface area contributed by atoms with Gasteiger partial charge in [-0.05, 0) is 37.1 Å². The molecular weight excluding hydrogens is 357 g/mol. The van der Waals surface area contributed by atoms with E-state index in [0.717, 1.165) is 31.4 Å². The van der Waals surface area contributed by atoms with E-state index < -0.39 is 5.82 Å². The molecule has 1 aliphatic rings. The average Bonchev–Trinajstić information content (AvgIpc) is 2.65. The Morgan fingerprint density at radius 2 is 2.00 bits per heavy atom. The van der Waals surface area contributed by atoms with E-state index in [9.17, 15) is 9.18 Å². The number of carbonyl (C=O) groups excluding carboxylic acids is 1. The van der Waals surface area contributed by atoms with Crippen LogP contribution in [-0.2, 0) is 0 Å². The predicted molar refractivity (Wildman–Crippen MR) is 99.3 cm³/mol. The summed E-state index contributed by atoms with van der Waals surface area (Å²) in [7, 11) is 1.61. The van der Waals surface area contributed by atoms with Gasteiger partial charge in [0.25, 0.3) is 5.91 Å². The molecule has 0 saturated heterocycles. The Bertz CT molecular complexity index is 787. The van der Waals surface area contributed by atoms with Crippen LogP contribution in [0.5, 0.6) is 5.75 Å². The molecule has 7 heteroatoms. The number of halogens is 2. The topological polar surface area (TPSA) is 63.2 Å². The largest absolute Gasteiger partial charge is 0.497 e. The van der Waals surface area contributed by atoms with Gasteiger partial charge in [-0.25, -0.2) is 9.37 Å². The molecule has 2 atom stereocenters. The lowest BCUT2D eigenvalue weighted by molar-refractivity contribution is 0.0923. The van der Waals surface area contributed by atoms with E-state index in [0.29, 0.717) is 11.4 Å². The zero-order valence-corrected chi connectivity index (χ0v) is 15.2. The number of aromatic nitrogens is 1. The highest BCUT2D eigenvalue weighted by atomic mass is 35.5. The van der Waals surface area contributed by atoms with Gasteiger partial charge in [-0.15, -0.1) is 0 Å². The van der Waals surface area contributed by atoms with Gasteiger partial charge in [0, 0.05) is 29.9 Å². The van der Waals surface area contributed by atoms with Gasteiger partial charge in [-0.2, -0.15) is 0 Å². The second-order valence-electron chi connectivity index (χ2n) is 6.33. The highest BCUT2D eigenvalue weighted by Crippen LogP contribution is 2.24. The molecule has 2 N–H and O–H groups in total. The van der Waals surface area contributed by atoms with Crippen molar-refractivity contribution in [3.05, 3.63) is 52.9 Å². The molecule has 1 aromatic carbocycles. The number of benzene rings is 1. The van der Waals surface area contributed by atoms with Crippen LogP contribution in [0.1, 0.15) is 36.0 Å². The maximum atomic E-state index is 13.3. The van der Waals surface area contributed by atoms with E-state index in [2.05, 4.69) is 15.6 Å². The quantitative estimate of drug-likeness (QED) is 0.825. The fraction of sp³-hybridized carbons (Fsp3) is 0.368. The normalized spacial score (nSPS) is 19.7. The number of nitrogens with zero attached hydrogens (tertiary/aromatic N) is 1. The molecule has 0 radical (unpaired) electrons. The van der Waals surface area contributed by atoms with E-state index in [1.807, 2.05) is 6.07 Å². The molecule has 0 aliphatic heterocycles. The lowest BCUT2D eigenvalue weighted by Crippen LogP contribution is -2.48. The Hall–Kier alpha value is -2.34. The van der Waals surface area contributed by atoms with Crippen LogP contribution in [0, 0.1) is 5.82 Å². The molecule has 26 heavy (non-hydrogen) atoms. The van der Waals surface area contributed by atoms with Crippen LogP contribution < -0.4 is 15.4 Å². The number of hydrogen-bond acceptors (Lipinski definition) is 4. The van der Waals surface area contributed by atoms with Crippen LogP contribution in [0.15, 0.2) is 36.5 Å². The maximum absolute atomic E-state index is 13.3. The molecule has 0 bridgehead atoms. The summed E-state index contributed by atoms with van der Waals surface area (Å²) in [5.41, 5.74) is 0.347. The first kappa shape index (κ1) is 18.5. The minimum Gasteiger partial charge on any atom is -0.497 e. The number of anilines is 1. The molecule has 2 aromatic rings. The van der Waals surface area contributed by atoms with Crippen LogP contribution in [0.3, 0.4) is 0 Å². The van der Waals surface area contributed by atoms with E-state index >= 15 is 0 Å². The van der Waals surface area contributed by atoms with Crippen molar-refractivity contribution in [2.45, 2.75) is 37.8 Å². The van der Waals surface area contributed by atoms with Crippen molar-refractivity contribution < 1.29 is 13.9 Å². The molecule has 0 spiro atoms. The Kier molecular flexibility index (Phi) is 5.93. The number of hydrogen-bond donors (Lipinski definition) is 2. The maximum Gasteiger partial charge on any atom is 0.251 e. The molecular formula is C19H21ClFN3O2. The number of pyridine rings is 1. The molecule has 1 amide bonds. The van der Waals surface area contributed by atoms with Gasteiger partial charge in [-0.1, -0.05) is 24.4 Å². The minimum atomic E-state index is -0.537. The van der Waals surface area contributed by atoms with E-state index in [1.54, 1.807) is 19.4 Å².